The molecule has 0 fully saturated rings. The van der Waals surface area contributed by atoms with Gasteiger partial charge in [-0.25, -0.2) is 8.42 Å². The summed E-state index contributed by atoms with van der Waals surface area (Å²) in [5.41, 5.74) is -4.07. The van der Waals surface area contributed by atoms with Crippen molar-refractivity contribution in [1.82, 2.24) is 4.98 Å². The van der Waals surface area contributed by atoms with Crippen LogP contribution in [0, 0.1) is 0 Å². The van der Waals surface area contributed by atoms with Gasteiger partial charge in [-0.15, -0.1) is 0 Å². The van der Waals surface area contributed by atoms with E-state index in [2.05, 4.69) is 9.72 Å². The summed E-state index contributed by atoms with van der Waals surface area (Å²) in [6.07, 6.45) is -3.86. The van der Waals surface area contributed by atoms with Gasteiger partial charge in [0.15, 0.2) is 0 Å². The summed E-state index contributed by atoms with van der Waals surface area (Å²) in [4.78, 5) is 12.5. The van der Waals surface area contributed by atoms with Gasteiger partial charge in [0, 0.05) is 6.20 Å². The Morgan fingerprint density at radius 3 is 2.32 bits per heavy atom. The number of aromatic amines is 1. The van der Waals surface area contributed by atoms with Crippen LogP contribution >= 0.6 is 0 Å². The third-order valence-corrected chi connectivity index (χ3v) is 4.69. The number of sulfone groups is 1. The van der Waals surface area contributed by atoms with Crippen LogP contribution in [0.25, 0.3) is 0 Å². The molecule has 1 N–H and O–H groups in total. The van der Waals surface area contributed by atoms with Gasteiger partial charge < -0.3 is 9.72 Å². The zero-order valence-corrected chi connectivity index (χ0v) is 11.7. The van der Waals surface area contributed by atoms with Crippen LogP contribution in [0.5, 0.6) is 0 Å². The Morgan fingerprint density at radius 1 is 1.14 bits per heavy atom. The van der Waals surface area contributed by atoms with E-state index in [0.29, 0.717) is 6.07 Å². The lowest BCUT2D eigenvalue weighted by molar-refractivity contribution is -0.141. The van der Waals surface area contributed by atoms with Crippen molar-refractivity contribution in [3.63, 3.8) is 0 Å². The zero-order valence-electron chi connectivity index (χ0n) is 10.9. The molecule has 1 aromatic carbocycles. The number of carbonyl (C=O) groups is 1. The lowest BCUT2D eigenvalue weighted by Gasteiger charge is -2.17. The van der Waals surface area contributed by atoms with Crippen molar-refractivity contribution in [3.05, 3.63) is 53.9 Å². The number of nitrogens with one attached hydrogen (secondary N) is 1. The Kier molecular flexibility index (Phi) is 4.27. The molecule has 0 radical (unpaired) electrons. The predicted molar refractivity (Wildman–Crippen MR) is 69.3 cm³/mol. The van der Waals surface area contributed by atoms with Gasteiger partial charge in [0.2, 0.25) is 15.3 Å². The number of aromatic nitrogens is 1. The first kappa shape index (κ1) is 16.1. The number of benzene rings is 1. The Bertz CT molecular complexity index is 753. The van der Waals surface area contributed by atoms with E-state index in [1.807, 2.05) is 0 Å². The smallest absolute Gasteiger partial charge is 0.418 e. The van der Waals surface area contributed by atoms with Crippen LogP contribution in [0.3, 0.4) is 0 Å². The molecule has 0 aliphatic rings. The standard InChI is InChI=1S/C13H10F3NO4S/c14-13(15,16)10-6-7-17-11(10)12(21-8-18)22(19,20)9-4-2-1-3-5-9/h1-8,12,17H. The summed E-state index contributed by atoms with van der Waals surface area (Å²) in [7, 11) is -4.35. The molecule has 0 aliphatic carbocycles. The highest BCUT2D eigenvalue weighted by molar-refractivity contribution is 7.91. The molecule has 22 heavy (non-hydrogen) atoms. The van der Waals surface area contributed by atoms with Crippen LogP contribution in [0.15, 0.2) is 47.5 Å². The predicted octanol–water partition coefficient (Wildman–Crippen LogP) is 2.68. The van der Waals surface area contributed by atoms with Gasteiger partial charge in [-0.2, -0.15) is 13.2 Å². The fraction of sp³-hybridized carbons (Fsp3) is 0.154. The molecule has 0 aliphatic heterocycles. The first-order valence-electron chi connectivity index (χ1n) is 5.91. The van der Waals surface area contributed by atoms with E-state index in [0.717, 1.165) is 6.20 Å². The molecule has 1 unspecified atom stereocenters. The Morgan fingerprint density at radius 2 is 1.77 bits per heavy atom. The van der Waals surface area contributed by atoms with Crippen LogP contribution in [-0.2, 0) is 25.5 Å². The maximum absolute atomic E-state index is 12.9. The number of rotatable bonds is 5. The number of ether oxygens (including phenoxy) is 1. The molecule has 9 heteroatoms. The molecule has 0 spiro atoms. The molecule has 2 aromatic rings. The number of hydrogen-bond acceptors (Lipinski definition) is 4. The van der Waals surface area contributed by atoms with Crippen molar-refractivity contribution in [3.8, 4) is 0 Å². The number of H-pyrrole nitrogens is 1. The minimum absolute atomic E-state index is 0.202. The highest BCUT2D eigenvalue weighted by Gasteiger charge is 2.41. The van der Waals surface area contributed by atoms with Gasteiger partial charge in [0.1, 0.15) is 0 Å². The second-order valence-corrected chi connectivity index (χ2v) is 6.21. The SMILES string of the molecule is O=COC(c1[nH]ccc1C(F)(F)F)S(=O)(=O)c1ccccc1. The van der Waals surface area contributed by atoms with E-state index in [9.17, 15) is 26.4 Å². The number of halogens is 3. The van der Waals surface area contributed by atoms with Gasteiger partial charge in [0.25, 0.3) is 6.47 Å². The third kappa shape index (κ3) is 2.98. The first-order chi connectivity index (χ1) is 10.3. The normalized spacial score (nSPS) is 13.6. The Labute approximate surface area is 123 Å². The maximum atomic E-state index is 12.9. The molecule has 0 bridgehead atoms. The molecule has 0 saturated carbocycles. The van der Waals surface area contributed by atoms with Crippen molar-refractivity contribution < 1.29 is 31.1 Å². The van der Waals surface area contributed by atoms with Crippen LogP contribution in [0.4, 0.5) is 13.2 Å². The highest BCUT2D eigenvalue weighted by atomic mass is 32.2. The van der Waals surface area contributed by atoms with Gasteiger partial charge in [-0.1, -0.05) is 18.2 Å². The maximum Gasteiger partial charge on any atom is 0.418 e. The summed E-state index contributed by atoms with van der Waals surface area (Å²) < 4.78 is 68.0. The summed E-state index contributed by atoms with van der Waals surface area (Å²) in [5, 5.41) is 0. The van der Waals surface area contributed by atoms with Gasteiger partial charge >= 0.3 is 6.18 Å². The van der Waals surface area contributed by atoms with Gasteiger partial charge in [0.05, 0.1) is 16.2 Å². The topological polar surface area (TPSA) is 76.2 Å². The lowest BCUT2D eigenvalue weighted by Crippen LogP contribution is -2.20. The van der Waals surface area contributed by atoms with Crippen molar-refractivity contribution in [2.45, 2.75) is 16.5 Å². The van der Waals surface area contributed by atoms with E-state index >= 15 is 0 Å². The molecule has 5 nitrogen and oxygen atoms in total. The summed E-state index contributed by atoms with van der Waals surface area (Å²) in [6, 6.07) is 7.44. The van der Waals surface area contributed by atoms with E-state index in [1.54, 1.807) is 6.07 Å². The lowest BCUT2D eigenvalue weighted by atomic mass is 10.2. The molecular formula is C13H10F3NO4S. The first-order valence-corrected chi connectivity index (χ1v) is 7.45. The quantitative estimate of drug-likeness (QED) is 0.854. The fourth-order valence-electron chi connectivity index (χ4n) is 1.91. The molecule has 1 heterocycles. The molecular weight excluding hydrogens is 323 g/mol. The van der Waals surface area contributed by atoms with Crippen LogP contribution in [0.1, 0.15) is 16.7 Å². The highest BCUT2D eigenvalue weighted by Crippen LogP contribution is 2.38. The summed E-state index contributed by atoms with van der Waals surface area (Å²) >= 11 is 0. The minimum Gasteiger partial charge on any atom is -0.441 e. The van der Waals surface area contributed by atoms with Crippen LogP contribution < -0.4 is 0 Å². The average molecular weight is 333 g/mol. The van der Waals surface area contributed by atoms with Gasteiger partial charge in [-0.3, -0.25) is 4.79 Å². The molecule has 118 valence electrons. The van der Waals surface area contributed by atoms with Crippen LogP contribution in [-0.4, -0.2) is 19.9 Å². The number of hydrogen-bond donors (Lipinski definition) is 1. The molecule has 1 aromatic heterocycles. The molecule has 1 atom stereocenters. The second kappa shape index (κ2) is 5.84. The minimum atomic E-state index is -4.79. The van der Waals surface area contributed by atoms with Crippen molar-refractivity contribution in [2.75, 3.05) is 0 Å². The van der Waals surface area contributed by atoms with Gasteiger partial charge in [-0.05, 0) is 18.2 Å². The van der Waals surface area contributed by atoms with E-state index < -0.39 is 32.7 Å². The third-order valence-electron chi connectivity index (χ3n) is 2.85. The van der Waals surface area contributed by atoms with Crippen molar-refractivity contribution >= 4 is 16.3 Å². The number of carbonyl (C=O) groups excluding carboxylic acids is 1. The molecule has 0 amide bonds. The Balaban J connectivity index is 2.57. The van der Waals surface area contributed by atoms with Crippen molar-refractivity contribution in [1.29, 1.82) is 0 Å². The van der Waals surface area contributed by atoms with E-state index in [4.69, 9.17) is 0 Å². The van der Waals surface area contributed by atoms with E-state index in [1.165, 1.54) is 24.3 Å². The molecule has 2 rings (SSSR count). The van der Waals surface area contributed by atoms with Crippen LogP contribution in [0.2, 0.25) is 0 Å². The number of alkyl halides is 3. The summed E-state index contributed by atoms with van der Waals surface area (Å²) in [5.74, 6) is 0. The van der Waals surface area contributed by atoms with E-state index in [-0.39, 0.29) is 11.4 Å². The largest absolute Gasteiger partial charge is 0.441 e. The second-order valence-electron chi connectivity index (χ2n) is 4.23. The fourth-order valence-corrected chi connectivity index (χ4v) is 3.39. The Hall–Kier alpha value is -2.29. The monoisotopic (exact) mass is 333 g/mol. The van der Waals surface area contributed by atoms with Crippen molar-refractivity contribution in [2.24, 2.45) is 0 Å². The molecule has 0 saturated heterocycles. The average Bonchev–Trinajstić information content (AvgIpc) is 2.94. The zero-order chi connectivity index (χ0) is 16.4. The summed E-state index contributed by atoms with van der Waals surface area (Å²) in [6.45, 7) is -0.202.